The van der Waals surface area contributed by atoms with Gasteiger partial charge in [0.25, 0.3) is 0 Å². The second kappa shape index (κ2) is 5.05. The third-order valence-corrected chi connectivity index (χ3v) is 4.24. The van der Waals surface area contributed by atoms with Crippen molar-refractivity contribution >= 4 is 37.4 Å². The minimum absolute atomic E-state index is 0.295. The molecule has 3 rings (SSSR count). The Morgan fingerprint density at radius 1 is 1.07 bits per heavy atom. The second-order valence-corrected chi connectivity index (χ2v) is 5.95. The first-order valence-corrected chi connectivity index (χ1v) is 8.12. The van der Waals surface area contributed by atoms with Gasteiger partial charge in [0.15, 0.2) is 0 Å². The first-order chi connectivity index (χ1) is 6.97. The van der Waals surface area contributed by atoms with Crippen LogP contribution in [0.3, 0.4) is 0 Å². The Hall–Kier alpha value is -0.960. The predicted octanol–water partition coefficient (Wildman–Crippen LogP) is 1.69. The van der Waals surface area contributed by atoms with E-state index < -0.39 is 0 Å². The summed E-state index contributed by atoms with van der Waals surface area (Å²) in [6.45, 7) is 0. The molecule has 1 aromatic carbocycles. The smallest absolute Gasteiger partial charge is 0.0453 e. The maximum Gasteiger partial charge on any atom is 0.0453 e. The second-order valence-electron chi connectivity index (χ2n) is 2.95. The number of para-hydroxylation sites is 1. The Morgan fingerprint density at radius 2 is 2.00 bits per heavy atom. The van der Waals surface area contributed by atoms with Crippen molar-refractivity contribution < 1.29 is 0 Å². The number of hydrogen-bond acceptors (Lipinski definition) is 1. The van der Waals surface area contributed by atoms with Crippen LogP contribution in [0, 0.1) is 0 Å². The van der Waals surface area contributed by atoms with Gasteiger partial charge < -0.3 is 4.98 Å². The van der Waals surface area contributed by atoms with Crippen molar-refractivity contribution in [3.63, 3.8) is 0 Å². The molecule has 0 fully saturated rings. The monoisotopic (exact) mass is 286 g/mol. The molecule has 0 saturated carbocycles. The van der Waals surface area contributed by atoms with Crippen molar-refractivity contribution in [1.82, 2.24) is 8.29 Å². The summed E-state index contributed by atoms with van der Waals surface area (Å²) in [5.74, 6) is 0. The van der Waals surface area contributed by atoms with E-state index in [0.29, 0.717) is 0 Å². The Labute approximate surface area is 94.3 Å². The van der Waals surface area contributed by atoms with Crippen LogP contribution < -0.4 is 3.30 Å². The van der Waals surface area contributed by atoms with Gasteiger partial charge in [-0.3, -0.25) is 0 Å². The maximum atomic E-state index is 3.18. The van der Waals surface area contributed by atoms with Gasteiger partial charge in [-0.15, -0.1) is 0 Å². The van der Waals surface area contributed by atoms with Crippen LogP contribution in [0.25, 0.3) is 10.9 Å². The van der Waals surface area contributed by atoms with Gasteiger partial charge in [-0.25, -0.2) is 0 Å². The van der Waals surface area contributed by atoms with Crippen LogP contribution in [0.4, 0.5) is 0 Å². The van der Waals surface area contributed by atoms with Gasteiger partial charge in [-0.05, 0) is 17.5 Å². The van der Waals surface area contributed by atoms with Gasteiger partial charge in [0.1, 0.15) is 0 Å². The molecule has 0 saturated heterocycles. The molecule has 0 radical (unpaired) electrons. The van der Waals surface area contributed by atoms with E-state index in [0.717, 1.165) is 0 Å². The van der Waals surface area contributed by atoms with E-state index in [1.54, 1.807) is 0 Å². The number of aromatic amines is 1. The molecule has 0 unspecified atom stereocenters. The van der Waals surface area contributed by atoms with Crippen molar-refractivity contribution in [2.45, 2.75) is 0 Å². The van der Waals surface area contributed by atoms with Gasteiger partial charge in [-0.1, -0.05) is 18.2 Å². The first kappa shape index (κ1) is 9.59. The Kier molecular flexibility index (Phi) is 3.46. The van der Waals surface area contributed by atoms with Crippen LogP contribution in [0.5, 0.6) is 0 Å². The normalized spacial score (nSPS) is 11.7. The van der Waals surface area contributed by atoms with E-state index in [4.69, 9.17) is 0 Å². The SMILES string of the molecule is C1=C[NH][In]=[CH]1.c1ccc2[nH]ccc2c1. The quantitative estimate of drug-likeness (QED) is 0.758. The molecule has 1 aromatic heterocycles. The van der Waals surface area contributed by atoms with E-state index in [2.05, 4.69) is 36.3 Å². The summed E-state index contributed by atoms with van der Waals surface area (Å²) < 4.78 is 5.44. The molecule has 14 heavy (non-hydrogen) atoms. The fourth-order valence-electron chi connectivity index (χ4n) is 1.27. The number of rotatable bonds is 0. The first-order valence-electron chi connectivity index (χ1n) is 4.57. The Bertz CT molecular complexity index is 417. The van der Waals surface area contributed by atoms with E-state index in [-0.39, 0.29) is 22.7 Å². The van der Waals surface area contributed by atoms with Crippen molar-refractivity contribution in [2.75, 3.05) is 0 Å². The van der Waals surface area contributed by atoms with Crippen molar-refractivity contribution in [2.24, 2.45) is 0 Å². The molecule has 2 nitrogen and oxygen atoms in total. The van der Waals surface area contributed by atoms with Crippen LogP contribution in [0.15, 0.2) is 48.8 Å². The van der Waals surface area contributed by atoms with Crippen molar-refractivity contribution in [3.05, 3.63) is 48.8 Å². The summed E-state index contributed by atoms with van der Waals surface area (Å²) in [6.07, 6.45) is 6.05. The summed E-state index contributed by atoms with van der Waals surface area (Å²) >= 11 is -0.295. The molecule has 2 heterocycles. The summed E-state index contributed by atoms with van der Waals surface area (Å²) in [6, 6.07) is 10.3. The summed E-state index contributed by atoms with van der Waals surface area (Å²) in [4.78, 5) is 3.12. The molecule has 68 valence electrons. The molecule has 0 amide bonds. The van der Waals surface area contributed by atoms with Gasteiger partial charge in [-0.2, -0.15) is 0 Å². The minimum atomic E-state index is -0.295. The Balaban J connectivity index is 0.000000128. The topological polar surface area (TPSA) is 27.8 Å². The molecule has 2 N–H and O–H groups in total. The van der Waals surface area contributed by atoms with Crippen LogP contribution >= 0.6 is 0 Å². The molecule has 0 aliphatic carbocycles. The fraction of sp³-hybridized carbons (Fsp3) is 0. The van der Waals surface area contributed by atoms with Crippen LogP contribution in [-0.4, -0.2) is 31.5 Å². The molecule has 1 aliphatic rings. The van der Waals surface area contributed by atoms with E-state index in [1.807, 2.05) is 24.5 Å². The minimum Gasteiger partial charge on any atom is -0.361 e. The maximum absolute atomic E-state index is 3.18. The number of allylic oxidation sites excluding steroid dienone is 1. The van der Waals surface area contributed by atoms with Gasteiger partial charge in [0.05, 0.1) is 0 Å². The summed E-state index contributed by atoms with van der Waals surface area (Å²) in [5, 5.41) is 1.28. The molecule has 3 heteroatoms. The molecular formula is C11H11InN2. The van der Waals surface area contributed by atoms with Crippen molar-refractivity contribution in [3.8, 4) is 0 Å². The number of hydrogen-bond donors (Lipinski definition) is 2. The third kappa shape index (κ3) is 2.51. The Morgan fingerprint density at radius 3 is 2.64 bits per heavy atom. The van der Waals surface area contributed by atoms with Gasteiger partial charge in [0.2, 0.25) is 0 Å². The number of benzene rings is 1. The number of nitrogens with one attached hydrogen (secondary N) is 2. The van der Waals surface area contributed by atoms with Gasteiger partial charge >= 0.3 is 42.1 Å². The zero-order valence-electron chi connectivity index (χ0n) is 7.77. The number of fused-ring (bicyclic) bond motifs is 1. The number of aromatic nitrogens is 1. The van der Waals surface area contributed by atoms with Crippen LogP contribution in [0.2, 0.25) is 0 Å². The molecule has 0 atom stereocenters. The van der Waals surface area contributed by atoms with Gasteiger partial charge in [0, 0.05) is 11.7 Å². The van der Waals surface area contributed by atoms with E-state index >= 15 is 0 Å². The third-order valence-electron chi connectivity index (χ3n) is 1.96. The van der Waals surface area contributed by atoms with E-state index in [9.17, 15) is 0 Å². The standard InChI is InChI=1S/C8H7N.C3H4N.In/c1-2-4-8-7(3-1)5-6-9-8;1-2-3-4;/h1-6,9H;1-4H;/q;-1;+1. The fourth-order valence-corrected chi connectivity index (χ4v) is 2.86. The largest absolute Gasteiger partial charge is 0.361 e. The van der Waals surface area contributed by atoms with Crippen LogP contribution in [0.1, 0.15) is 0 Å². The molecule has 1 aliphatic heterocycles. The average molecular weight is 286 g/mol. The zero-order chi connectivity index (χ0) is 9.64. The molecule has 2 aromatic rings. The zero-order valence-corrected chi connectivity index (χ0v) is 11.1. The molecule has 0 bridgehead atoms. The van der Waals surface area contributed by atoms with Crippen LogP contribution in [-0.2, 0) is 0 Å². The average Bonchev–Trinajstić information content (AvgIpc) is 2.92. The summed E-state index contributed by atoms with van der Waals surface area (Å²) in [5.41, 5.74) is 1.21. The van der Waals surface area contributed by atoms with Crippen molar-refractivity contribution in [1.29, 1.82) is 0 Å². The van der Waals surface area contributed by atoms with E-state index in [1.165, 1.54) is 10.9 Å². The molecular weight excluding hydrogens is 275 g/mol. The predicted molar refractivity (Wildman–Crippen MR) is 62.4 cm³/mol. The summed E-state index contributed by atoms with van der Waals surface area (Å²) in [7, 11) is 0. The molecule has 0 spiro atoms. The number of H-pyrrole nitrogens is 1.